The fourth-order valence-corrected chi connectivity index (χ4v) is 0.843. The number of hydrogen-bond acceptors (Lipinski definition) is 4. The van der Waals surface area contributed by atoms with Crippen molar-refractivity contribution in [3.05, 3.63) is 0 Å². The number of Topliss-reactive ketones (excluding diaryl/α,β-unsaturated/α-hetero) is 1. The molecule has 0 rings (SSSR count). The molecule has 0 aromatic carbocycles. The SMILES string of the molecule is CSCC(O)C(=O)C(=O)O. The number of aliphatic carboxylic acids is 1. The molecule has 2 N–H and O–H groups in total. The van der Waals surface area contributed by atoms with Gasteiger partial charge < -0.3 is 10.2 Å². The number of rotatable bonds is 4. The third-order valence-corrected chi connectivity index (χ3v) is 1.49. The predicted molar refractivity (Wildman–Crippen MR) is 37.0 cm³/mol. The van der Waals surface area contributed by atoms with E-state index in [2.05, 4.69) is 0 Å². The Morgan fingerprint density at radius 3 is 2.40 bits per heavy atom. The second-order valence-electron chi connectivity index (χ2n) is 1.64. The van der Waals surface area contributed by atoms with Gasteiger partial charge in [-0.1, -0.05) is 0 Å². The quantitative estimate of drug-likeness (QED) is 0.541. The molecule has 0 fully saturated rings. The van der Waals surface area contributed by atoms with Crippen molar-refractivity contribution < 1.29 is 19.8 Å². The van der Waals surface area contributed by atoms with Crippen molar-refractivity contribution in [3.63, 3.8) is 0 Å². The predicted octanol–water partition coefficient (Wildman–Crippen LogP) is -0.636. The summed E-state index contributed by atoms with van der Waals surface area (Å²) in [5.41, 5.74) is 0. The highest BCUT2D eigenvalue weighted by molar-refractivity contribution is 7.98. The number of aliphatic hydroxyl groups excluding tert-OH is 1. The van der Waals surface area contributed by atoms with Crippen LogP contribution in [0.25, 0.3) is 0 Å². The van der Waals surface area contributed by atoms with Crippen molar-refractivity contribution in [2.75, 3.05) is 12.0 Å². The Balaban J connectivity index is 3.82. The average Bonchev–Trinajstić information content (AvgIpc) is 1.87. The monoisotopic (exact) mass is 164 g/mol. The van der Waals surface area contributed by atoms with Gasteiger partial charge in [-0.3, -0.25) is 4.79 Å². The van der Waals surface area contributed by atoms with Gasteiger partial charge in [0.05, 0.1) is 0 Å². The molecule has 0 heterocycles. The van der Waals surface area contributed by atoms with Gasteiger partial charge in [-0.05, 0) is 6.26 Å². The zero-order chi connectivity index (χ0) is 8.15. The van der Waals surface area contributed by atoms with Crippen LogP contribution in [-0.2, 0) is 9.59 Å². The molecule has 0 saturated heterocycles. The number of aliphatic hydroxyl groups is 1. The van der Waals surface area contributed by atoms with Gasteiger partial charge >= 0.3 is 5.97 Å². The van der Waals surface area contributed by atoms with E-state index in [0.29, 0.717) is 0 Å². The van der Waals surface area contributed by atoms with Crippen LogP contribution in [0.5, 0.6) is 0 Å². The summed E-state index contributed by atoms with van der Waals surface area (Å²) in [6.07, 6.45) is 0.311. The summed E-state index contributed by atoms with van der Waals surface area (Å²) in [6, 6.07) is 0. The van der Waals surface area contributed by atoms with Gasteiger partial charge in [-0.2, -0.15) is 11.8 Å². The molecule has 5 heteroatoms. The molecule has 0 aliphatic carbocycles. The summed E-state index contributed by atoms with van der Waals surface area (Å²) in [6.45, 7) is 0. The molecule has 0 saturated carbocycles. The Kier molecular flexibility index (Phi) is 4.06. The molecule has 10 heavy (non-hydrogen) atoms. The minimum atomic E-state index is -1.58. The molecule has 58 valence electrons. The van der Waals surface area contributed by atoms with Gasteiger partial charge in [0.1, 0.15) is 6.10 Å². The fourth-order valence-electron chi connectivity index (χ4n) is 0.376. The molecule has 0 bridgehead atoms. The van der Waals surface area contributed by atoms with Gasteiger partial charge in [0, 0.05) is 5.75 Å². The Morgan fingerprint density at radius 2 is 2.10 bits per heavy atom. The zero-order valence-electron chi connectivity index (χ0n) is 5.40. The van der Waals surface area contributed by atoms with Crippen LogP contribution in [0.3, 0.4) is 0 Å². The number of carbonyl (C=O) groups is 2. The number of ketones is 1. The highest BCUT2D eigenvalue weighted by atomic mass is 32.2. The number of carboxylic acids is 1. The van der Waals surface area contributed by atoms with Crippen molar-refractivity contribution in [1.29, 1.82) is 0 Å². The minimum absolute atomic E-state index is 0.130. The van der Waals surface area contributed by atoms with Gasteiger partial charge in [-0.25, -0.2) is 4.79 Å². The van der Waals surface area contributed by atoms with Gasteiger partial charge in [0.2, 0.25) is 0 Å². The van der Waals surface area contributed by atoms with Gasteiger partial charge in [0.25, 0.3) is 5.78 Å². The maximum Gasteiger partial charge on any atom is 0.375 e. The number of thioether (sulfide) groups is 1. The van der Waals surface area contributed by atoms with Gasteiger partial charge in [0.15, 0.2) is 0 Å². The van der Waals surface area contributed by atoms with Crippen LogP contribution in [0.4, 0.5) is 0 Å². The van der Waals surface area contributed by atoms with E-state index in [9.17, 15) is 9.59 Å². The lowest BCUT2D eigenvalue weighted by Gasteiger charge is -2.01. The Morgan fingerprint density at radius 1 is 1.60 bits per heavy atom. The van der Waals surface area contributed by atoms with Crippen molar-refractivity contribution in [2.24, 2.45) is 0 Å². The molecule has 4 nitrogen and oxygen atoms in total. The van der Waals surface area contributed by atoms with Crippen LogP contribution in [0.1, 0.15) is 0 Å². The second kappa shape index (κ2) is 4.29. The molecule has 0 aliphatic heterocycles. The summed E-state index contributed by atoms with van der Waals surface area (Å²) in [4.78, 5) is 20.3. The van der Waals surface area contributed by atoms with Crippen LogP contribution in [-0.4, -0.2) is 40.1 Å². The Labute approximate surface area is 62.2 Å². The first-order valence-electron chi connectivity index (χ1n) is 2.53. The third-order valence-electron chi connectivity index (χ3n) is 0.838. The first-order chi connectivity index (χ1) is 4.59. The lowest BCUT2D eigenvalue weighted by molar-refractivity contribution is -0.152. The Hall–Kier alpha value is -0.550. The minimum Gasteiger partial charge on any atom is -0.475 e. The van der Waals surface area contributed by atoms with Crippen LogP contribution < -0.4 is 0 Å². The summed E-state index contributed by atoms with van der Waals surface area (Å²) in [7, 11) is 0. The van der Waals surface area contributed by atoms with E-state index in [1.807, 2.05) is 0 Å². The maximum absolute atomic E-state index is 10.4. The van der Waals surface area contributed by atoms with Crippen LogP contribution in [0.2, 0.25) is 0 Å². The first-order valence-corrected chi connectivity index (χ1v) is 3.93. The second-order valence-corrected chi connectivity index (χ2v) is 2.55. The molecule has 0 aromatic heterocycles. The fraction of sp³-hybridized carbons (Fsp3) is 0.600. The molecular weight excluding hydrogens is 156 g/mol. The van der Waals surface area contributed by atoms with Crippen LogP contribution in [0, 0.1) is 0 Å². The number of carbonyl (C=O) groups excluding carboxylic acids is 1. The standard InChI is InChI=1S/C5H8O4S/c1-10-2-3(6)4(7)5(8)9/h3,6H,2H2,1H3,(H,8,9). The van der Waals surface area contributed by atoms with E-state index in [4.69, 9.17) is 10.2 Å². The molecule has 1 unspecified atom stereocenters. The van der Waals surface area contributed by atoms with E-state index in [1.165, 1.54) is 11.8 Å². The highest BCUT2D eigenvalue weighted by Gasteiger charge is 2.21. The molecular formula is C5H8O4S. The normalized spacial score (nSPS) is 12.6. The molecule has 0 amide bonds. The van der Waals surface area contributed by atoms with E-state index < -0.39 is 17.9 Å². The zero-order valence-corrected chi connectivity index (χ0v) is 6.22. The Bertz CT molecular complexity index is 145. The average molecular weight is 164 g/mol. The van der Waals surface area contributed by atoms with Crippen LogP contribution in [0.15, 0.2) is 0 Å². The van der Waals surface area contributed by atoms with Crippen molar-refractivity contribution in [2.45, 2.75) is 6.10 Å². The van der Waals surface area contributed by atoms with Crippen molar-refractivity contribution in [3.8, 4) is 0 Å². The highest BCUT2D eigenvalue weighted by Crippen LogP contribution is 1.97. The van der Waals surface area contributed by atoms with E-state index in [0.717, 1.165) is 0 Å². The summed E-state index contributed by atoms with van der Waals surface area (Å²) < 4.78 is 0. The molecule has 0 aliphatic rings. The number of hydrogen-bond donors (Lipinski definition) is 2. The largest absolute Gasteiger partial charge is 0.475 e. The van der Waals surface area contributed by atoms with E-state index >= 15 is 0 Å². The number of carboxylic acid groups (broad SMARTS) is 1. The molecule has 0 aromatic rings. The summed E-state index contributed by atoms with van der Waals surface area (Å²) in [5.74, 6) is -2.60. The smallest absolute Gasteiger partial charge is 0.375 e. The summed E-state index contributed by atoms with van der Waals surface area (Å²) in [5, 5.41) is 16.8. The van der Waals surface area contributed by atoms with E-state index in [1.54, 1.807) is 6.26 Å². The molecule has 0 radical (unpaired) electrons. The molecule has 1 atom stereocenters. The molecule has 0 spiro atoms. The van der Waals surface area contributed by atoms with E-state index in [-0.39, 0.29) is 5.75 Å². The third kappa shape index (κ3) is 2.84. The van der Waals surface area contributed by atoms with Gasteiger partial charge in [-0.15, -0.1) is 0 Å². The topological polar surface area (TPSA) is 74.6 Å². The van der Waals surface area contributed by atoms with Crippen LogP contribution >= 0.6 is 11.8 Å². The first kappa shape index (κ1) is 9.45. The lowest BCUT2D eigenvalue weighted by Crippen LogP contribution is -2.29. The maximum atomic E-state index is 10.4. The van der Waals surface area contributed by atoms with Crippen molar-refractivity contribution >= 4 is 23.5 Å². The van der Waals surface area contributed by atoms with Crippen molar-refractivity contribution in [1.82, 2.24) is 0 Å². The lowest BCUT2D eigenvalue weighted by atomic mass is 10.3. The summed E-state index contributed by atoms with van der Waals surface area (Å²) >= 11 is 1.22.